The third-order valence-electron chi connectivity index (χ3n) is 4.36. The monoisotopic (exact) mass is 377 g/mol. The molecule has 2 aromatic carbocycles. The van der Waals surface area contributed by atoms with Gasteiger partial charge in [-0.1, -0.05) is 59.3 Å². The largest absolute Gasteiger partial charge is 0.365 e. The highest BCUT2D eigenvalue weighted by molar-refractivity contribution is 8.05. The van der Waals surface area contributed by atoms with Crippen molar-refractivity contribution >= 4 is 29.3 Å². The fourth-order valence-corrected chi connectivity index (χ4v) is 4.18. The molecule has 27 heavy (non-hydrogen) atoms. The maximum Gasteiger partial charge on any atom is 0.262 e. The quantitative estimate of drug-likeness (QED) is 0.655. The van der Waals surface area contributed by atoms with Crippen LogP contribution in [0.15, 0.2) is 59.1 Å². The Kier molecular flexibility index (Phi) is 5.33. The van der Waals surface area contributed by atoms with Gasteiger partial charge in [-0.25, -0.2) is 0 Å². The molecule has 0 saturated carbocycles. The lowest BCUT2D eigenvalue weighted by Crippen LogP contribution is -2.31. The number of nitriles is 1. The van der Waals surface area contributed by atoms with E-state index in [1.807, 2.05) is 56.3 Å². The van der Waals surface area contributed by atoms with Gasteiger partial charge in [0.1, 0.15) is 16.7 Å². The number of carbonyl (C=O) groups excluding carboxylic acids is 2. The number of nitrogens with two attached hydrogens (primary N) is 1. The van der Waals surface area contributed by atoms with Crippen LogP contribution in [0.25, 0.3) is 0 Å². The van der Waals surface area contributed by atoms with E-state index in [4.69, 9.17) is 5.73 Å². The number of benzene rings is 2. The van der Waals surface area contributed by atoms with Crippen LogP contribution in [0.3, 0.4) is 0 Å². The van der Waals surface area contributed by atoms with E-state index in [9.17, 15) is 14.9 Å². The van der Waals surface area contributed by atoms with Crippen LogP contribution in [-0.4, -0.2) is 17.1 Å². The SMILES string of the molecule is Cc1ccc(C[C@H]2S/C(=C(\C#N)C(N)=O)N(c3ccc(C)cc3)C2=O)cc1. The van der Waals surface area contributed by atoms with Gasteiger partial charge in [0, 0.05) is 5.69 Å². The fraction of sp³-hybridized carbons (Fsp3) is 0.190. The van der Waals surface area contributed by atoms with Crippen LogP contribution < -0.4 is 10.6 Å². The molecule has 0 aliphatic carbocycles. The average Bonchev–Trinajstić information content (AvgIpc) is 2.94. The summed E-state index contributed by atoms with van der Waals surface area (Å²) in [4.78, 5) is 26.3. The standard InChI is InChI=1S/C21H19N3O2S/c1-13-3-7-15(8-4-13)11-18-20(26)24(16-9-5-14(2)6-10-16)21(27-18)17(12-22)19(23)25/h3-10,18H,11H2,1-2H3,(H2,23,25)/b21-17+/t18-/m1/s1. The summed E-state index contributed by atoms with van der Waals surface area (Å²) in [6.07, 6.45) is 0.507. The maximum atomic E-state index is 13.1. The number of primary amides is 1. The summed E-state index contributed by atoms with van der Waals surface area (Å²) in [5.74, 6) is -0.991. The van der Waals surface area contributed by atoms with E-state index in [1.54, 1.807) is 12.1 Å². The highest BCUT2D eigenvalue weighted by Gasteiger charge is 2.40. The second kappa shape index (κ2) is 7.68. The van der Waals surface area contributed by atoms with Gasteiger partial charge in [0.15, 0.2) is 0 Å². The molecule has 0 spiro atoms. The molecule has 2 N–H and O–H groups in total. The van der Waals surface area contributed by atoms with Crippen molar-refractivity contribution in [2.75, 3.05) is 4.90 Å². The summed E-state index contributed by atoms with van der Waals surface area (Å²) < 4.78 is 0. The Hall–Kier alpha value is -3.04. The number of aryl methyl sites for hydroxylation is 2. The Morgan fingerprint density at radius 3 is 2.19 bits per heavy atom. The molecule has 0 radical (unpaired) electrons. The fourth-order valence-electron chi connectivity index (χ4n) is 2.87. The molecule has 1 aliphatic rings. The summed E-state index contributed by atoms with van der Waals surface area (Å²) in [7, 11) is 0. The third-order valence-corrected chi connectivity index (χ3v) is 5.62. The molecule has 1 heterocycles. The number of thioether (sulfide) groups is 1. The average molecular weight is 377 g/mol. The van der Waals surface area contributed by atoms with E-state index >= 15 is 0 Å². The van der Waals surface area contributed by atoms with Crippen LogP contribution in [0.1, 0.15) is 16.7 Å². The molecule has 0 unspecified atom stereocenters. The van der Waals surface area contributed by atoms with Crippen LogP contribution in [-0.2, 0) is 16.0 Å². The summed E-state index contributed by atoms with van der Waals surface area (Å²) in [5.41, 5.74) is 9.02. The number of rotatable bonds is 4. The Labute approximate surface area is 162 Å². The van der Waals surface area contributed by atoms with Crippen molar-refractivity contribution < 1.29 is 9.59 Å². The zero-order chi connectivity index (χ0) is 19.6. The first-order valence-electron chi connectivity index (χ1n) is 8.47. The van der Waals surface area contributed by atoms with Gasteiger partial charge < -0.3 is 5.73 Å². The Morgan fingerprint density at radius 2 is 1.67 bits per heavy atom. The molecule has 1 aliphatic heterocycles. The van der Waals surface area contributed by atoms with E-state index in [2.05, 4.69) is 0 Å². The number of hydrogen-bond acceptors (Lipinski definition) is 4. The van der Waals surface area contributed by atoms with Crippen LogP contribution in [0.2, 0.25) is 0 Å². The Balaban J connectivity index is 2.01. The van der Waals surface area contributed by atoms with Crippen molar-refractivity contribution in [3.05, 3.63) is 75.8 Å². The topological polar surface area (TPSA) is 87.2 Å². The highest BCUT2D eigenvalue weighted by atomic mass is 32.2. The summed E-state index contributed by atoms with van der Waals surface area (Å²) >= 11 is 1.22. The smallest absolute Gasteiger partial charge is 0.262 e. The molecular formula is C21H19N3O2S. The molecule has 1 saturated heterocycles. The minimum atomic E-state index is -0.833. The van der Waals surface area contributed by atoms with Gasteiger partial charge >= 0.3 is 0 Å². The lowest BCUT2D eigenvalue weighted by atomic mass is 10.1. The normalized spacial score (nSPS) is 18.3. The van der Waals surface area contributed by atoms with Gasteiger partial charge in [-0.3, -0.25) is 14.5 Å². The first-order valence-corrected chi connectivity index (χ1v) is 9.35. The molecule has 2 aromatic rings. The van der Waals surface area contributed by atoms with Crippen LogP contribution in [0, 0.1) is 25.2 Å². The number of hydrogen-bond donors (Lipinski definition) is 1. The van der Waals surface area contributed by atoms with Crippen molar-refractivity contribution in [1.29, 1.82) is 5.26 Å². The number of amides is 2. The Morgan fingerprint density at radius 1 is 1.11 bits per heavy atom. The maximum absolute atomic E-state index is 13.1. The van der Waals surface area contributed by atoms with Crippen LogP contribution in [0.4, 0.5) is 5.69 Å². The van der Waals surface area contributed by atoms with Gasteiger partial charge in [0.05, 0.1) is 5.25 Å². The lowest BCUT2D eigenvalue weighted by molar-refractivity contribution is -0.117. The van der Waals surface area contributed by atoms with E-state index < -0.39 is 11.2 Å². The Bertz CT molecular complexity index is 956. The second-order valence-corrected chi connectivity index (χ2v) is 7.65. The van der Waals surface area contributed by atoms with Crippen molar-refractivity contribution in [2.45, 2.75) is 25.5 Å². The number of carbonyl (C=O) groups is 2. The van der Waals surface area contributed by atoms with Crippen molar-refractivity contribution in [3.8, 4) is 6.07 Å². The lowest BCUT2D eigenvalue weighted by Gasteiger charge is -2.18. The molecule has 6 heteroatoms. The van der Waals surface area contributed by atoms with Gasteiger partial charge in [-0.15, -0.1) is 0 Å². The molecule has 1 fully saturated rings. The molecular weight excluding hydrogens is 358 g/mol. The van der Waals surface area contributed by atoms with Crippen molar-refractivity contribution in [2.24, 2.45) is 5.73 Å². The minimum Gasteiger partial charge on any atom is -0.365 e. The minimum absolute atomic E-state index is 0.159. The van der Waals surface area contributed by atoms with E-state index in [0.29, 0.717) is 17.1 Å². The van der Waals surface area contributed by atoms with Gasteiger partial charge in [0.25, 0.3) is 5.91 Å². The zero-order valence-corrected chi connectivity index (χ0v) is 15.9. The first kappa shape index (κ1) is 18.7. The van der Waals surface area contributed by atoms with E-state index in [-0.39, 0.29) is 11.5 Å². The molecule has 3 rings (SSSR count). The third kappa shape index (κ3) is 3.88. The van der Waals surface area contributed by atoms with Crippen LogP contribution >= 0.6 is 11.8 Å². The van der Waals surface area contributed by atoms with Crippen LogP contribution in [0.5, 0.6) is 0 Å². The second-order valence-electron chi connectivity index (χ2n) is 6.46. The summed E-state index contributed by atoms with van der Waals surface area (Å²) in [6.45, 7) is 3.96. The van der Waals surface area contributed by atoms with Gasteiger partial charge in [-0.2, -0.15) is 5.26 Å². The van der Waals surface area contributed by atoms with E-state index in [1.165, 1.54) is 16.7 Å². The molecule has 0 bridgehead atoms. The zero-order valence-electron chi connectivity index (χ0n) is 15.1. The predicted molar refractivity (Wildman–Crippen MR) is 107 cm³/mol. The predicted octanol–water partition coefficient (Wildman–Crippen LogP) is 3.22. The highest BCUT2D eigenvalue weighted by Crippen LogP contribution is 2.41. The van der Waals surface area contributed by atoms with Crippen molar-refractivity contribution in [1.82, 2.24) is 0 Å². The number of nitrogens with zero attached hydrogens (tertiary/aromatic N) is 2. The van der Waals surface area contributed by atoms with E-state index in [0.717, 1.165) is 16.7 Å². The van der Waals surface area contributed by atoms with Gasteiger partial charge in [-0.05, 0) is 38.0 Å². The number of anilines is 1. The van der Waals surface area contributed by atoms with Crippen molar-refractivity contribution in [3.63, 3.8) is 0 Å². The first-order chi connectivity index (χ1) is 12.9. The molecule has 2 amide bonds. The summed E-state index contributed by atoms with van der Waals surface area (Å²) in [5, 5.41) is 9.28. The van der Waals surface area contributed by atoms with Gasteiger partial charge in [0.2, 0.25) is 5.91 Å². The molecule has 0 aromatic heterocycles. The molecule has 136 valence electrons. The molecule has 5 nitrogen and oxygen atoms in total. The summed E-state index contributed by atoms with van der Waals surface area (Å²) in [6, 6.07) is 17.2. The molecule has 1 atom stereocenters.